The largest absolute Gasteiger partial charge is 0.481 e. The first kappa shape index (κ1) is 14.9. The molecule has 0 heterocycles. The van der Waals surface area contributed by atoms with Gasteiger partial charge < -0.3 is 15.2 Å². The highest BCUT2D eigenvalue weighted by Gasteiger charge is 2.08. The van der Waals surface area contributed by atoms with Gasteiger partial charge in [0, 0.05) is 12.5 Å². The Kier molecular flexibility index (Phi) is 7.54. The SMILES string of the molecule is CC(CCCC(=O)O)NC(=O)COC(C)C. The molecule has 0 radical (unpaired) electrons. The smallest absolute Gasteiger partial charge is 0.303 e. The van der Waals surface area contributed by atoms with Gasteiger partial charge in [0.2, 0.25) is 5.91 Å². The van der Waals surface area contributed by atoms with Crippen LogP contribution in [0.2, 0.25) is 0 Å². The molecule has 0 fully saturated rings. The minimum atomic E-state index is -0.804. The number of carboxylic acids is 1. The first-order valence-corrected chi connectivity index (χ1v) is 5.54. The molecule has 0 spiro atoms. The van der Waals surface area contributed by atoms with Crippen molar-refractivity contribution in [2.45, 2.75) is 52.2 Å². The average molecular weight is 231 g/mol. The number of carbonyl (C=O) groups is 2. The zero-order chi connectivity index (χ0) is 12.6. The van der Waals surface area contributed by atoms with E-state index in [4.69, 9.17) is 9.84 Å². The quantitative estimate of drug-likeness (QED) is 0.657. The summed E-state index contributed by atoms with van der Waals surface area (Å²) in [5.41, 5.74) is 0. The number of hydrogen-bond donors (Lipinski definition) is 2. The Balaban J connectivity index is 3.57. The Morgan fingerprint density at radius 3 is 2.44 bits per heavy atom. The summed E-state index contributed by atoms with van der Waals surface area (Å²) in [5, 5.41) is 11.2. The summed E-state index contributed by atoms with van der Waals surface area (Å²) >= 11 is 0. The van der Waals surface area contributed by atoms with E-state index in [0.717, 1.165) is 0 Å². The van der Waals surface area contributed by atoms with E-state index in [-0.39, 0.29) is 31.1 Å². The van der Waals surface area contributed by atoms with Crippen LogP contribution in [-0.4, -0.2) is 35.7 Å². The molecule has 0 aromatic rings. The first-order chi connectivity index (χ1) is 7.41. The molecule has 5 heteroatoms. The minimum absolute atomic E-state index is 0.0115. The van der Waals surface area contributed by atoms with Crippen molar-refractivity contribution in [3.63, 3.8) is 0 Å². The van der Waals surface area contributed by atoms with Crippen molar-refractivity contribution in [3.8, 4) is 0 Å². The van der Waals surface area contributed by atoms with Gasteiger partial charge in [-0.1, -0.05) is 0 Å². The van der Waals surface area contributed by atoms with Gasteiger partial charge in [0.05, 0.1) is 6.10 Å². The third-order valence-corrected chi connectivity index (χ3v) is 1.98. The minimum Gasteiger partial charge on any atom is -0.481 e. The van der Waals surface area contributed by atoms with Crippen LogP contribution in [0.25, 0.3) is 0 Å². The number of aliphatic carboxylic acids is 1. The van der Waals surface area contributed by atoms with Crippen molar-refractivity contribution in [3.05, 3.63) is 0 Å². The number of carbonyl (C=O) groups excluding carboxylic acids is 1. The summed E-state index contributed by atoms with van der Waals surface area (Å²) < 4.78 is 5.14. The number of rotatable bonds is 8. The van der Waals surface area contributed by atoms with Gasteiger partial charge >= 0.3 is 5.97 Å². The molecule has 94 valence electrons. The topological polar surface area (TPSA) is 75.6 Å². The normalized spacial score (nSPS) is 12.5. The average Bonchev–Trinajstić information content (AvgIpc) is 2.14. The fourth-order valence-corrected chi connectivity index (χ4v) is 1.19. The fourth-order valence-electron chi connectivity index (χ4n) is 1.19. The van der Waals surface area contributed by atoms with Crippen LogP contribution < -0.4 is 5.32 Å². The number of nitrogens with one attached hydrogen (secondary N) is 1. The molecule has 0 saturated carbocycles. The molecule has 0 rings (SSSR count). The van der Waals surface area contributed by atoms with Gasteiger partial charge in [0.15, 0.2) is 0 Å². The van der Waals surface area contributed by atoms with Gasteiger partial charge in [-0.15, -0.1) is 0 Å². The third kappa shape index (κ3) is 9.45. The molecule has 0 aliphatic rings. The summed E-state index contributed by atoms with van der Waals surface area (Å²) in [7, 11) is 0. The second-order valence-corrected chi connectivity index (χ2v) is 4.11. The zero-order valence-corrected chi connectivity index (χ0v) is 10.2. The van der Waals surface area contributed by atoms with Gasteiger partial charge in [0.25, 0.3) is 0 Å². The van der Waals surface area contributed by atoms with Crippen molar-refractivity contribution in [2.75, 3.05) is 6.61 Å². The summed E-state index contributed by atoms with van der Waals surface area (Å²) in [4.78, 5) is 21.6. The first-order valence-electron chi connectivity index (χ1n) is 5.54. The molecule has 5 nitrogen and oxygen atoms in total. The van der Waals surface area contributed by atoms with Crippen molar-refractivity contribution < 1.29 is 19.4 Å². The molecular weight excluding hydrogens is 210 g/mol. The number of ether oxygens (including phenoxy) is 1. The van der Waals surface area contributed by atoms with E-state index in [1.165, 1.54) is 0 Å². The van der Waals surface area contributed by atoms with E-state index < -0.39 is 5.97 Å². The molecule has 16 heavy (non-hydrogen) atoms. The van der Waals surface area contributed by atoms with E-state index in [2.05, 4.69) is 5.32 Å². The third-order valence-electron chi connectivity index (χ3n) is 1.98. The molecule has 0 saturated heterocycles. The van der Waals surface area contributed by atoms with E-state index in [0.29, 0.717) is 12.8 Å². The highest BCUT2D eigenvalue weighted by atomic mass is 16.5. The number of carboxylic acid groups (broad SMARTS) is 1. The van der Waals surface area contributed by atoms with E-state index >= 15 is 0 Å². The lowest BCUT2D eigenvalue weighted by Crippen LogP contribution is -2.35. The zero-order valence-electron chi connectivity index (χ0n) is 10.2. The number of hydrogen-bond acceptors (Lipinski definition) is 3. The summed E-state index contributed by atoms with van der Waals surface area (Å²) in [6, 6.07) is -0.0115. The summed E-state index contributed by atoms with van der Waals surface area (Å²) in [5.74, 6) is -0.960. The molecule has 0 aliphatic carbocycles. The van der Waals surface area contributed by atoms with Crippen LogP contribution >= 0.6 is 0 Å². The highest BCUT2D eigenvalue weighted by Crippen LogP contribution is 2.00. The van der Waals surface area contributed by atoms with Gasteiger partial charge in [-0.3, -0.25) is 9.59 Å². The van der Waals surface area contributed by atoms with Crippen molar-refractivity contribution in [1.29, 1.82) is 0 Å². The Hall–Kier alpha value is -1.10. The highest BCUT2D eigenvalue weighted by molar-refractivity contribution is 5.77. The fraction of sp³-hybridized carbons (Fsp3) is 0.818. The molecule has 2 N–H and O–H groups in total. The standard InChI is InChI=1S/C11H21NO4/c1-8(2)16-7-10(13)12-9(3)5-4-6-11(14)15/h8-9H,4-7H2,1-3H3,(H,12,13)(H,14,15). The second kappa shape index (κ2) is 8.10. The summed E-state index contributed by atoms with van der Waals surface area (Å²) in [6.07, 6.45) is 1.41. The predicted octanol–water partition coefficient (Wildman–Crippen LogP) is 1.17. The van der Waals surface area contributed by atoms with Gasteiger partial charge in [-0.2, -0.15) is 0 Å². The van der Waals surface area contributed by atoms with Crippen LogP contribution in [0.15, 0.2) is 0 Å². The van der Waals surface area contributed by atoms with E-state index in [1.54, 1.807) is 0 Å². The second-order valence-electron chi connectivity index (χ2n) is 4.11. The van der Waals surface area contributed by atoms with Crippen molar-refractivity contribution >= 4 is 11.9 Å². The molecule has 1 unspecified atom stereocenters. The molecule has 1 amide bonds. The predicted molar refractivity (Wildman–Crippen MR) is 60.2 cm³/mol. The van der Waals surface area contributed by atoms with Gasteiger partial charge in [0.1, 0.15) is 6.61 Å². The molecule has 0 aliphatic heterocycles. The van der Waals surface area contributed by atoms with Crippen LogP contribution in [-0.2, 0) is 14.3 Å². The molecule has 0 bridgehead atoms. The van der Waals surface area contributed by atoms with Crippen molar-refractivity contribution in [1.82, 2.24) is 5.32 Å². The lowest BCUT2D eigenvalue weighted by molar-refractivity contribution is -0.137. The molecular formula is C11H21NO4. The Morgan fingerprint density at radius 2 is 1.94 bits per heavy atom. The maximum Gasteiger partial charge on any atom is 0.303 e. The molecule has 0 aromatic heterocycles. The molecule has 1 atom stereocenters. The van der Waals surface area contributed by atoms with Crippen LogP contribution in [0.3, 0.4) is 0 Å². The lowest BCUT2D eigenvalue weighted by atomic mass is 10.1. The lowest BCUT2D eigenvalue weighted by Gasteiger charge is -2.14. The van der Waals surface area contributed by atoms with Gasteiger partial charge in [-0.25, -0.2) is 0 Å². The maximum absolute atomic E-state index is 11.3. The van der Waals surface area contributed by atoms with Gasteiger partial charge in [-0.05, 0) is 33.6 Å². The Bertz CT molecular complexity index is 228. The Morgan fingerprint density at radius 1 is 1.31 bits per heavy atom. The van der Waals surface area contributed by atoms with E-state index in [9.17, 15) is 9.59 Å². The monoisotopic (exact) mass is 231 g/mol. The van der Waals surface area contributed by atoms with Crippen LogP contribution in [0, 0.1) is 0 Å². The van der Waals surface area contributed by atoms with Crippen LogP contribution in [0.1, 0.15) is 40.0 Å². The van der Waals surface area contributed by atoms with Crippen molar-refractivity contribution in [2.24, 2.45) is 0 Å². The number of amides is 1. The maximum atomic E-state index is 11.3. The van der Waals surface area contributed by atoms with Crippen LogP contribution in [0.5, 0.6) is 0 Å². The summed E-state index contributed by atoms with van der Waals surface area (Å²) in [6.45, 7) is 5.64. The van der Waals surface area contributed by atoms with E-state index in [1.807, 2.05) is 20.8 Å². The Labute approximate surface area is 96.2 Å². The van der Waals surface area contributed by atoms with Crippen LogP contribution in [0.4, 0.5) is 0 Å². The molecule has 0 aromatic carbocycles.